The molecule has 0 amide bonds. The van der Waals surface area contributed by atoms with Gasteiger partial charge >= 0.3 is 0 Å². The van der Waals surface area contributed by atoms with Crippen molar-refractivity contribution in [1.29, 1.82) is 0 Å². The van der Waals surface area contributed by atoms with Crippen LogP contribution >= 0.6 is 11.6 Å². The largest absolute Gasteiger partial charge is 1.00 e. The third-order valence-electron chi connectivity index (χ3n) is 3.23. The number of likely N-dealkylation sites (tertiary alicyclic amines) is 1. The van der Waals surface area contributed by atoms with E-state index in [1.807, 2.05) is 0 Å². The Morgan fingerprint density at radius 3 is 2.14 bits per heavy atom. The van der Waals surface area contributed by atoms with Crippen LogP contribution in [-0.2, 0) is 0 Å². The van der Waals surface area contributed by atoms with Gasteiger partial charge in [0.25, 0.3) is 0 Å². The molecule has 1 aliphatic rings. The zero-order valence-corrected chi connectivity index (χ0v) is 10.8. The van der Waals surface area contributed by atoms with Crippen LogP contribution in [0.15, 0.2) is 0 Å². The van der Waals surface area contributed by atoms with E-state index in [1.54, 1.807) is 0 Å². The molecule has 14 heavy (non-hydrogen) atoms. The number of quaternary nitrogens is 1. The number of hydrogen-bond donors (Lipinski definition) is 0. The van der Waals surface area contributed by atoms with Gasteiger partial charge in [-0.3, -0.25) is 0 Å². The summed E-state index contributed by atoms with van der Waals surface area (Å²) in [6, 6.07) is 0. The van der Waals surface area contributed by atoms with Crippen LogP contribution < -0.4 is 12.4 Å². The average Bonchev–Trinajstić information content (AvgIpc) is 2.53. The van der Waals surface area contributed by atoms with Gasteiger partial charge in [0.15, 0.2) is 0 Å². The summed E-state index contributed by atoms with van der Waals surface area (Å²) in [5.41, 5.74) is 0. The van der Waals surface area contributed by atoms with Gasteiger partial charge in [-0.25, -0.2) is 0 Å². The zero-order chi connectivity index (χ0) is 9.57. The van der Waals surface area contributed by atoms with Crippen molar-refractivity contribution >= 4 is 11.6 Å². The quantitative estimate of drug-likeness (QED) is 0.349. The number of nitrogens with zero attached hydrogens (tertiary/aromatic N) is 1. The van der Waals surface area contributed by atoms with E-state index >= 15 is 0 Å². The van der Waals surface area contributed by atoms with Gasteiger partial charge in [-0.2, -0.15) is 0 Å². The number of alkyl halides is 1. The molecule has 0 aromatic heterocycles. The van der Waals surface area contributed by atoms with Crippen molar-refractivity contribution in [3.63, 3.8) is 0 Å². The van der Waals surface area contributed by atoms with Crippen LogP contribution in [0.3, 0.4) is 0 Å². The fraction of sp³-hybridized carbons (Fsp3) is 1.00. The predicted molar refractivity (Wildman–Crippen MR) is 59.2 cm³/mol. The molecule has 0 aromatic carbocycles. The van der Waals surface area contributed by atoms with Crippen molar-refractivity contribution in [3.8, 4) is 0 Å². The highest BCUT2D eigenvalue weighted by molar-refractivity contribution is 6.17. The fourth-order valence-corrected chi connectivity index (χ4v) is 2.45. The van der Waals surface area contributed by atoms with Crippen molar-refractivity contribution in [2.75, 3.05) is 32.6 Å². The lowest BCUT2D eigenvalue weighted by Crippen LogP contribution is -3.00. The second kappa shape index (κ2) is 7.78. The minimum absolute atomic E-state index is 0. The first kappa shape index (κ1) is 14.5. The summed E-state index contributed by atoms with van der Waals surface area (Å²) in [5.74, 6) is 0.839. The number of hydrogen-bond acceptors (Lipinski definition) is 0. The van der Waals surface area contributed by atoms with E-state index in [2.05, 4.69) is 7.05 Å². The molecule has 0 bridgehead atoms. The molecule has 1 rings (SSSR count). The third kappa shape index (κ3) is 5.43. The van der Waals surface area contributed by atoms with Crippen LogP contribution in [-0.4, -0.2) is 37.0 Å². The highest BCUT2D eigenvalue weighted by Gasteiger charge is 2.25. The van der Waals surface area contributed by atoms with E-state index in [0.29, 0.717) is 0 Å². The zero-order valence-electron chi connectivity index (χ0n) is 9.27. The molecule has 0 aromatic rings. The smallest absolute Gasteiger partial charge is 0.0786 e. The molecule has 1 nitrogen and oxygen atoms in total. The maximum Gasteiger partial charge on any atom is 0.0786 e. The van der Waals surface area contributed by atoms with Gasteiger partial charge in [0.2, 0.25) is 0 Å². The Balaban J connectivity index is 0.00000169. The molecule has 1 fully saturated rings. The summed E-state index contributed by atoms with van der Waals surface area (Å²) in [4.78, 5) is 0. The standard InChI is InChI=1S/C11H23ClN.ClH/c1-13(10-6-7-11-13)9-5-3-2-4-8-12;/h2-11H2,1H3;1H/q+1;/p-1. The average molecular weight is 240 g/mol. The number of rotatable bonds is 6. The van der Waals surface area contributed by atoms with Crippen LogP contribution in [0.2, 0.25) is 0 Å². The Labute approximate surface area is 99.8 Å². The summed E-state index contributed by atoms with van der Waals surface area (Å²) < 4.78 is 1.33. The molecule has 1 saturated heterocycles. The minimum atomic E-state index is 0. The highest BCUT2D eigenvalue weighted by Crippen LogP contribution is 2.17. The summed E-state index contributed by atoms with van der Waals surface area (Å²) in [7, 11) is 2.41. The van der Waals surface area contributed by atoms with Gasteiger partial charge in [-0.05, 0) is 19.3 Å². The van der Waals surface area contributed by atoms with Crippen LogP contribution in [0.5, 0.6) is 0 Å². The van der Waals surface area contributed by atoms with E-state index in [0.717, 1.165) is 5.88 Å². The molecular formula is C11H23Cl2N. The Hall–Kier alpha value is 0.540. The van der Waals surface area contributed by atoms with Crippen LogP contribution in [0.4, 0.5) is 0 Å². The number of halogens is 2. The van der Waals surface area contributed by atoms with Crippen molar-refractivity contribution in [3.05, 3.63) is 0 Å². The molecule has 0 N–H and O–H groups in total. The monoisotopic (exact) mass is 239 g/mol. The van der Waals surface area contributed by atoms with E-state index in [9.17, 15) is 0 Å². The fourth-order valence-electron chi connectivity index (χ4n) is 2.26. The molecule has 0 unspecified atom stereocenters. The molecule has 1 aliphatic heterocycles. The first-order valence-corrected chi connectivity index (χ1v) is 6.20. The third-order valence-corrected chi connectivity index (χ3v) is 3.49. The molecule has 3 heteroatoms. The lowest BCUT2D eigenvalue weighted by molar-refractivity contribution is -0.897. The molecule has 1 heterocycles. The molecule has 0 aliphatic carbocycles. The second-order valence-corrected chi connectivity index (χ2v) is 4.98. The van der Waals surface area contributed by atoms with Gasteiger partial charge in [0.05, 0.1) is 26.7 Å². The highest BCUT2D eigenvalue weighted by atomic mass is 35.5. The normalized spacial score (nSPS) is 19.3. The molecule has 86 valence electrons. The van der Waals surface area contributed by atoms with Gasteiger partial charge < -0.3 is 16.9 Å². The van der Waals surface area contributed by atoms with Gasteiger partial charge in [-0.15, -0.1) is 11.6 Å². The van der Waals surface area contributed by atoms with Gasteiger partial charge in [0, 0.05) is 18.7 Å². The summed E-state index contributed by atoms with van der Waals surface area (Å²) >= 11 is 5.63. The minimum Gasteiger partial charge on any atom is -1.00 e. The van der Waals surface area contributed by atoms with Crippen molar-refractivity contribution in [2.45, 2.75) is 38.5 Å². The SMILES string of the molecule is C[N+]1(CCCCCCCl)CCCC1.[Cl-]. The molecule has 0 radical (unpaired) electrons. The van der Waals surface area contributed by atoms with E-state index in [4.69, 9.17) is 11.6 Å². The summed E-state index contributed by atoms with van der Waals surface area (Å²) in [5, 5.41) is 0. The van der Waals surface area contributed by atoms with E-state index in [1.165, 1.54) is 62.6 Å². The van der Waals surface area contributed by atoms with E-state index in [-0.39, 0.29) is 12.4 Å². The maximum atomic E-state index is 5.63. The molecular weight excluding hydrogens is 217 g/mol. The predicted octanol–water partition coefficient (Wildman–Crippen LogP) is 0.0300. The first-order chi connectivity index (χ1) is 6.27. The Bertz CT molecular complexity index is 133. The Morgan fingerprint density at radius 1 is 1.00 bits per heavy atom. The molecule has 0 atom stereocenters. The van der Waals surface area contributed by atoms with Crippen LogP contribution in [0.25, 0.3) is 0 Å². The summed E-state index contributed by atoms with van der Waals surface area (Å²) in [6.07, 6.45) is 8.18. The molecule has 0 spiro atoms. The van der Waals surface area contributed by atoms with Gasteiger partial charge in [-0.1, -0.05) is 6.42 Å². The topological polar surface area (TPSA) is 0 Å². The first-order valence-electron chi connectivity index (χ1n) is 5.66. The van der Waals surface area contributed by atoms with Gasteiger partial charge in [0.1, 0.15) is 0 Å². The molecule has 0 saturated carbocycles. The lowest BCUT2D eigenvalue weighted by Gasteiger charge is -2.29. The number of unbranched alkanes of at least 4 members (excludes halogenated alkanes) is 3. The maximum absolute atomic E-state index is 5.63. The van der Waals surface area contributed by atoms with E-state index < -0.39 is 0 Å². The van der Waals surface area contributed by atoms with Crippen molar-refractivity contribution in [2.24, 2.45) is 0 Å². The lowest BCUT2D eigenvalue weighted by atomic mass is 10.2. The Kier molecular flexibility index (Phi) is 8.08. The van der Waals surface area contributed by atoms with Crippen molar-refractivity contribution in [1.82, 2.24) is 0 Å². The van der Waals surface area contributed by atoms with Crippen LogP contribution in [0, 0.1) is 0 Å². The summed E-state index contributed by atoms with van der Waals surface area (Å²) in [6.45, 7) is 4.22. The Morgan fingerprint density at radius 2 is 1.57 bits per heavy atom. The van der Waals surface area contributed by atoms with Crippen LogP contribution in [0.1, 0.15) is 38.5 Å². The van der Waals surface area contributed by atoms with Crippen molar-refractivity contribution < 1.29 is 16.9 Å². The second-order valence-electron chi connectivity index (χ2n) is 4.60.